The van der Waals surface area contributed by atoms with Crippen molar-refractivity contribution >= 4 is 24.2 Å². The van der Waals surface area contributed by atoms with Crippen molar-refractivity contribution in [1.29, 1.82) is 0 Å². The van der Waals surface area contributed by atoms with Gasteiger partial charge in [0.05, 0.1) is 16.7 Å². The standard InChI is InChI=1S/C17H14BF4NO3/c1-16(2)11-7-6-9(8-13(11)18(25)26-16)23-15(24)10-4-3-5-12(14(10)19)17(20,21)22/h3-8,25H,1-2H3,(H,23,24). The maximum absolute atomic E-state index is 14.1. The first kappa shape index (κ1) is 18.4. The van der Waals surface area contributed by atoms with Crippen molar-refractivity contribution < 1.29 is 32.0 Å². The highest BCUT2D eigenvalue weighted by Crippen LogP contribution is 2.33. The van der Waals surface area contributed by atoms with Crippen molar-refractivity contribution in [2.24, 2.45) is 0 Å². The molecule has 1 aliphatic heterocycles. The van der Waals surface area contributed by atoms with Crippen molar-refractivity contribution in [2.45, 2.75) is 25.6 Å². The summed E-state index contributed by atoms with van der Waals surface area (Å²) in [7, 11) is -1.19. The maximum Gasteiger partial charge on any atom is 0.492 e. The molecular formula is C17H14BF4NO3. The first-order valence-corrected chi connectivity index (χ1v) is 7.68. The second-order valence-corrected chi connectivity index (χ2v) is 6.40. The van der Waals surface area contributed by atoms with E-state index in [0.717, 1.165) is 12.1 Å². The average molecular weight is 367 g/mol. The van der Waals surface area contributed by atoms with Crippen LogP contribution in [0.2, 0.25) is 0 Å². The number of amides is 1. The zero-order valence-electron chi connectivity index (χ0n) is 13.8. The number of hydrogen-bond acceptors (Lipinski definition) is 3. The van der Waals surface area contributed by atoms with Gasteiger partial charge in [-0.05, 0) is 49.1 Å². The molecule has 2 aromatic carbocycles. The molecule has 0 bridgehead atoms. The third kappa shape index (κ3) is 3.20. The van der Waals surface area contributed by atoms with Crippen LogP contribution in [0.15, 0.2) is 36.4 Å². The molecule has 0 fully saturated rings. The first-order valence-electron chi connectivity index (χ1n) is 7.68. The van der Waals surface area contributed by atoms with Crippen molar-refractivity contribution in [3.05, 3.63) is 58.9 Å². The molecular weight excluding hydrogens is 353 g/mol. The molecule has 2 N–H and O–H groups in total. The molecule has 0 saturated heterocycles. The quantitative estimate of drug-likeness (QED) is 0.634. The average Bonchev–Trinajstić information content (AvgIpc) is 2.75. The topological polar surface area (TPSA) is 58.6 Å². The lowest BCUT2D eigenvalue weighted by atomic mass is 9.78. The molecule has 1 heterocycles. The minimum absolute atomic E-state index is 0.200. The Kier molecular flexibility index (Phi) is 4.32. The Morgan fingerprint density at radius 1 is 1.23 bits per heavy atom. The Morgan fingerprint density at radius 2 is 1.92 bits per heavy atom. The number of anilines is 1. The molecule has 3 rings (SSSR count). The monoisotopic (exact) mass is 367 g/mol. The second kappa shape index (κ2) is 6.10. The van der Waals surface area contributed by atoms with Crippen LogP contribution in [0.5, 0.6) is 0 Å². The molecule has 26 heavy (non-hydrogen) atoms. The predicted octanol–water partition coefficient (Wildman–Crippen LogP) is 3.05. The van der Waals surface area contributed by atoms with Crippen LogP contribution in [0.3, 0.4) is 0 Å². The summed E-state index contributed by atoms with van der Waals surface area (Å²) in [6.45, 7) is 3.52. The number of halogens is 4. The van der Waals surface area contributed by atoms with Crippen LogP contribution >= 0.6 is 0 Å². The number of carbonyl (C=O) groups is 1. The van der Waals surface area contributed by atoms with Crippen molar-refractivity contribution in [3.8, 4) is 0 Å². The summed E-state index contributed by atoms with van der Waals surface area (Å²) in [5.41, 5.74) is -1.61. The second-order valence-electron chi connectivity index (χ2n) is 6.40. The van der Waals surface area contributed by atoms with E-state index in [9.17, 15) is 27.4 Å². The molecule has 136 valence electrons. The largest absolute Gasteiger partial charge is 0.492 e. The van der Waals surface area contributed by atoms with Crippen LogP contribution in [-0.4, -0.2) is 18.0 Å². The van der Waals surface area contributed by atoms with Gasteiger partial charge in [0.1, 0.15) is 5.82 Å². The van der Waals surface area contributed by atoms with E-state index in [-0.39, 0.29) is 5.69 Å². The normalized spacial score (nSPS) is 15.7. The number of alkyl halides is 3. The molecule has 0 aromatic heterocycles. The molecule has 0 unspecified atom stereocenters. The third-order valence-corrected chi connectivity index (χ3v) is 4.18. The van der Waals surface area contributed by atoms with Crippen molar-refractivity contribution in [1.82, 2.24) is 0 Å². The first-order chi connectivity index (χ1) is 12.0. The fourth-order valence-electron chi connectivity index (χ4n) is 2.92. The number of hydrogen-bond donors (Lipinski definition) is 2. The van der Waals surface area contributed by atoms with E-state index in [2.05, 4.69) is 5.32 Å². The zero-order valence-corrected chi connectivity index (χ0v) is 13.8. The number of nitrogens with one attached hydrogen (secondary N) is 1. The van der Waals surface area contributed by atoms with Gasteiger partial charge in [0, 0.05) is 5.69 Å². The van der Waals surface area contributed by atoms with Crippen LogP contribution in [-0.2, 0) is 16.4 Å². The molecule has 9 heteroatoms. The fourth-order valence-corrected chi connectivity index (χ4v) is 2.92. The molecule has 0 radical (unpaired) electrons. The highest BCUT2D eigenvalue weighted by atomic mass is 19.4. The van der Waals surface area contributed by atoms with Gasteiger partial charge < -0.3 is 15.0 Å². The summed E-state index contributed by atoms with van der Waals surface area (Å²) in [5.74, 6) is -2.66. The number of carbonyl (C=O) groups excluding carboxylic acids is 1. The minimum atomic E-state index is -4.90. The fraction of sp³-hybridized carbons (Fsp3) is 0.235. The lowest BCUT2D eigenvalue weighted by Crippen LogP contribution is -2.29. The number of rotatable bonds is 2. The van der Waals surface area contributed by atoms with E-state index in [1.165, 1.54) is 12.1 Å². The van der Waals surface area contributed by atoms with E-state index in [4.69, 9.17) is 4.65 Å². The predicted molar refractivity (Wildman–Crippen MR) is 87.5 cm³/mol. The van der Waals surface area contributed by atoms with Gasteiger partial charge in [0.15, 0.2) is 0 Å². The summed E-state index contributed by atoms with van der Waals surface area (Å²) < 4.78 is 57.8. The van der Waals surface area contributed by atoms with Crippen LogP contribution in [0.25, 0.3) is 0 Å². The Hall–Kier alpha value is -2.39. The Morgan fingerprint density at radius 3 is 2.58 bits per heavy atom. The Balaban J connectivity index is 1.90. The molecule has 1 amide bonds. The van der Waals surface area contributed by atoms with Crippen LogP contribution in [0.1, 0.15) is 35.3 Å². The van der Waals surface area contributed by atoms with E-state index in [1.807, 2.05) is 0 Å². The van der Waals surface area contributed by atoms with Gasteiger partial charge >= 0.3 is 13.3 Å². The van der Waals surface area contributed by atoms with Crippen molar-refractivity contribution in [3.63, 3.8) is 0 Å². The summed E-state index contributed by atoms with van der Waals surface area (Å²) in [6, 6.07) is 7.07. The number of fused-ring (bicyclic) bond motifs is 1. The smallest absolute Gasteiger partial charge is 0.423 e. The maximum atomic E-state index is 14.1. The summed E-state index contributed by atoms with van der Waals surface area (Å²) in [6.07, 6.45) is -4.90. The van der Waals surface area contributed by atoms with E-state index in [0.29, 0.717) is 17.1 Å². The summed E-state index contributed by atoms with van der Waals surface area (Å²) in [4.78, 5) is 12.2. The highest BCUT2D eigenvalue weighted by molar-refractivity contribution is 6.62. The van der Waals surface area contributed by atoms with Gasteiger partial charge in [-0.1, -0.05) is 12.1 Å². The van der Waals surface area contributed by atoms with Crippen LogP contribution < -0.4 is 10.8 Å². The van der Waals surface area contributed by atoms with Crippen LogP contribution in [0.4, 0.5) is 23.2 Å². The molecule has 0 atom stereocenters. The molecule has 0 spiro atoms. The van der Waals surface area contributed by atoms with Gasteiger partial charge in [-0.2, -0.15) is 13.2 Å². The lowest BCUT2D eigenvalue weighted by molar-refractivity contribution is -0.140. The minimum Gasteiger partial charge on any atom is -0.423 e. The third-order valence-electron chi connectivity index (χ3n) is 4.18. The van der Waals surface area contributed by atoms with Crippen molar-refractivity contribution in [2.75, 3.05) is 5.32 Å². The molecule has 0 aliphatic carbocycles. The van der Waals surface area contributed by atoms with Crippen LogP contribution in [0, 0.1) is 5.82 Å². The van der Waals surface area contributed by atoms with E-state index in [1.54, 1.807) is 19.9 Å². The van der Waals surface area contributed by atoms with Gasteiger partial charge in [-0.25, -0.2) is 4.39 Å². The Bertz CT molecular complexity index is 883. The Labute approximate surface area is 146 Å². The number of benzene rings is 2. The van der Waals surface area contributed by atoms with Gasteiger partial charge in [-0.3, -0.25) is 4.79 Å². The lowest BCUT2D eigenvalue weighted by Gasteiger charge is -2.19. The van der Waals surface area contributed by atoms with E-state index < -0.39 is 41.7 Å². The SMILES string of the molecule is CC1(C)OB(O)c2cc(NC(=O)c3cccc(C(F)(F)F)c3F)ccc21. The highest BCUT2D eigenvalue weighted by Gasteiger charge is 2.40. The van der Waals surface area contributed by atoms with Gasteiger partial charge in [-0.15, -0.1) is 0 Å². The van der Waals surface area contributed by atoms with E-state index >= 15 is 0 Å². The summed E-state index contributed by atoms with van der Waals surface area (Å²) >= 11 is 0. The molecule has 0 saturated carbocycles. The summed E-state index contributed by atoms with van der Waals surface area (Å²) in [5, 5.41) is 12.3. The molecule has 2 aromatic rings. The molecule has 4 nitrogen and oxygen atoms in total. The molecule has 1 aliphatic rings. The zero-order chi connectivity index (χ0) is 19.3. The van der Waals surface area contributed by atoms with Gasteiger partial charge in [0.25, 0.3) is 5.91 Å². The van der Waals surface area contributed by atoms with Gasteiger partial charge in [0.2, 0.25) is 0 Å².